The SMILES string of the molecule is O=C(NCC1CCN(C2CCSC2)CC1)c1ccccc1C(F)(F)F. The Morgan fingerprint density at radius 3 is 2.56 bits per heavy atom. The average Bonchev–Trinajstić information content (AvgIpc) is 3.14. The summed E-state index contributed by atoms with van der Waals surface area (Å²) < 4.78 is 39.0. The fraction of sp³-hybridized carbons (Fsp3) is 0.611. The highest BCUT2D eigenvalue weighted by atomic mass is 32.2. The fourth-order valence-corrected chi connectivity index (χ4v) is 4.85. The maximum absolute atomic E-state index is 13.0. The van der Waals surface area contributed by atoms with Crippen LogP contribution in [-0.4, -0.2) is 48.0 Å². The Hall–Kier alpha value is -1.21. The van der Waals surface area contributed by atoms with Crippen molar-refractivity contribution in [1.29, 1.82) is 0 Å². The Balaban J connectivity index is 1.50. The lowest BCUT2D eigenvalue weighted by atomic mass is 9.95. The molecule has 2 fully saturated rings. The zero-order valence-electron chi connectivity index (χ0n) is 14.0. The summed E-state index contributed by atoms with van der Waals surface area (Å²) in [4.78, 5) is 14.7. The van der Waals surface area contributed by atoms with E-state index in [1.807, 2.05) is 11.8 Å². The van der Waals surface area contributed by atoms with Crippen LogP contribution in [-0.2, 0) is 6.18 Å². The van der Waals surface area contributed by atoms with Crippen molar-refractivity contribution in [3.63, 3.8) is 0 Å². The van der Waals surface area contributed by atoms with Crippen LogP contribution in [0.15, 0.2) is 24.3 Å². The van der Waals surface area contributed by atoms with Gasteiger partial charge in [-0.05, 0) is 56.2 Å². The monoisotopic (exact) mass is 372 g/mol. The highest BCUT2D eigenvalue weighted by Gasteiger charge is 2.35. The molecule has 1 atom stereocenters. The van der Waals surface area contributed by atoms with Crippen molar-refractivity contribution in [2.45, 2.75) is 31.5 Å². The van der Waals surface area contributed by atoms with Gasteiger partial charge in [0, 0.05) is 18.3 Å². The summed E-state index contributed by atoms with van der Waals surface area (Å²) in [6, 6.07) is 5.63. The summed E-state index contributed by atoms with van der Waals surface area (Å²) >= 11 is 2.00. The summed E-state index contributed by atoms with van der Waals surface area (Å²) in [6.07, 6.45) is -1.29. The number of carbonyl (C=O) groups excluding carboxylic acids is 1. The number of hydrogen-bond acceptors (Lipinski definition) is 3. The van der Waals surface area contributed by atoms with Crippen LogP contribution in [0.3, 0.4) is 0 Å². The molecule has 0 radical (unpaired) electrons. The van der Waals surface area contributed by atoms with Gasteiger partial charge in [0.1, 0.15) is 0 Å². The molecular weight excluding hydrogens is 349 g/mol. The molecule has 138 valence electrons. The Bertz CT molecular complexity index is 594. The number of piperidine rings is 1. The van der Waals surface area contributed by atoms with Crippen LogP contribution in [0.5, 0.6) is 0 Å². The van der Waals surface area contributed by atoms with Crippen LogP contribution in [0.1, 0.15) is 35.2 Å². The third-order valence-electron chi connectivity index (χ3n) is 5.10. The Morgan fingerprint density at radius 1 is 1.20 bits per heavy atom. The van der Waals surface area contributed by atoms with Crippen molar-refractivity contribution in [2.24, 2.45) is 5.92 Å². The van der Waals surface area contributed by atoms with Gasteiger partial charge in [-0.1, -0.05) is 12.1 Å². The molecule has 0 bridgehead atoms. The van der Waals surface area contributed by atoms with E-state index >= 15 is 0 Å². The van der Waals surface area contributed by atoms with Crippen molar-refractivity contribution < 1.29 is 18.0 Å². The van der Waals surface area contributed by atoms with E-state index < -0.39 is 17.6 Å². The molecule has 1 amide bonds. The molecular formula is C18H23F3N2OS. The molecule has 7 heteroatoms. The van der Waals surface area contributed by atoms with E-state index in [9.17, 15) is 18.0 Å². The smallest absolute Gasteiger partial charge is 0.352 e. The fourth-order valence-electron chi connectivity index (χ4n) is 3.59. The number of likely N-dealkylation sites (tertiary alicyclic amines) is 1. The van der Waals surface area contributed by atoms with Crippen LogP contribution in [0.25, 0.3) is 0 Å². The van der Waals surface area contributed by atoms with Gasteiger partial charge >= 0.3 is 6.18 Å². The van der Waals surface area contributed by atoms with Crippen LogP contribution in [0.2, 0.25) is 0 Å². The van der Waals surface area contributed by atoms with Gasteiger partial charge in [0.15, 0.2) is 0 Å². The van der Waals surface area contributed by atoms with Gasteiger partial charge in [0.25, 0.3) is 5.91 Å². The van der Waals surface area contributed by atoms with Crippen LogP contribution >= 0.6 is 11.8 Å². The van der Waals surface area contributed by atoms with Gasteiger partial charge < -0.3 is 5.32 Å². The molecule has 0 saturated carbocycles. The van der Waals surface area contributed by atoms with E-state index in [1.54, 1.807) is 0 Å². The lowest BCUT2D eigenvalue weighted by Crippen LogP contribution is -2.43. The van der Waals surface area contributed by atoms with Crippen molar-refractivity contribution >= 4 is 17.7 Å². The number of hydrogen-bond donors (Lipinski definition) is 1. The van der Waals surface area contributed by atoms with Gasteiger partial charge in [-0.25, -0.2) is 0 Å². The van der Waals surface area contributed by atoms with E-state index in [-0.39, 0.29) is 5.56 Å². The maximum Gasteiger partial charge on any atom is 0.417 e. The number of alkyl halides is 3. The quantitative estimate of drug-likeness (QED) is 0.876. The van der Waals surface area contributed by atoms with E-state index in [4.69, 9.17) is 0 Å². The van der Waals surface area contributed by atoms with Crippen molar-refractivity contribution in [3.05, 3.63) is 35.4 Å². The second-order valence-corrected chi connectivity index (χ2v) is 7.90. The van der Waals surface area contributed by atoms with Crippen LogP contribution in [0.4, 0.5) is 13.2 Å². The zero-order chi connectivity index (χ0) is 17.9. The minimum Gasteiger partial charge on any atom is -0.352 e. The minimum absolute atomic E-state index is 0.296. The zero-order valence-corrected chi connectivity index (χ0v) is 14.8. The Labute approximate surface area is 150 Å². The van der Waals surface area contributed by atoms with E-state index in [2.05, 4.69) is 10.2 Å². The highest BCUT2D eigenvalue weighted by molar-refractivity contribution is 7.99. The molecule has 3 rings (SSSR count). The minimum atomic E-state index is -4.52. The summed E-state index contributed by atoms with van der Waals surface area (Å²) in [6.45, 7) is 2.48. The van der Waals surface area contributed by atoms with Gasteiger partial charge in [0.05, 0.1) is 11.1 Å². The largest absolute Gasteiger partial charge is 0.417 e. The molecule has 0 aromatic heterocycles. The molecule has 2 aliphatic rings. The van der Waals surface area contributed by atoms with Crippen molar-refractivity contribution in [1.82, 2.24) is 10.2 Å². The van der Waals surface area contributed by atoms with Gasteiger partial charge in [0.2, 0.25) is 0 Å². The second-order valence-electron chi connectivity index (χ2n) is 6.75. The number of rotatable bonds is 4. The molecule has 1 aromatic rings. The van der Waals surface area contributed by atoms with Crippen molar-refractivity contribution in [2.75, 3.05) is 31.1 Å². The van der Waals surface area contributed by atoms with Crippen LogP contribution in [0, 0.1) is 5.92 Å². The number of amides is 1. The topological polar surface area (TPSA) is 32.3 Å². The molecule has 2 aliphatic heterocycles. The lowest BCUT2D eigenvalue weighted by molar-refractivity contribution is -0.137. The average molecular weight is 372 g/mol. The molecule has 2 heterocycles. The summed E-state index contributed by atoms with van der Waals surface area (Å²) in [5.41, 5.74) is -1.17. The predicted octanol–water partition coefficient (Wildman–Crippen LogP) is 3.65. The first-order chi connectivity index (χ1) is 11.9. The van der Waals surface area contributed by atoms with Gasteiger partial charge in [-0.3, -0.25) is 9.69 Å². The number of thioether (sulfide) groups is 1. The summed E-state index contributed by atoms with van der Waals surface area (Å²) in [7, 11) is 0. The Morgan fingerprint density at radius 2 is 1.92 bits per heavy atom. The molecule has 3 nitrogen and oxygen atoms in total. The van der Waals surface area contributed by atoms with E-state index in [0.29, 0.717) is 18.5 Å². The predicted molar refractivity (Wildman–Crippen MR) is 93.8 cm³/mol. The first-order valence-corrected chi connectivity index (χ1v) is 9.87. The van der Waals surface area contributed by atoms with Gasteiger partial charge in [-0.15, -0.1) is 0 Å². The molecule has 0 spiro atoms. The van der Waals surface area contributed by atoms with E-state index in [0.717, 1.165) is 32.0 Å². The molecule has 1 aromatic carbocycles. The molecule has 1 N–H and O–H groups in total. The number of halogens is 3. The first-order valence-electron chi connectivity index (χ1n) is 8.71. The molecule has 2 saturated heterocycles. The lowest BCUT2D eigenvalue weighted by Gasteiger charge is -2.35. The highest BCUT2D eigenvalue weighted by Crippen LogP contribution is 2.32. The molecule has 0 aliphatic carbocycles. The van der Waals surface area contributed by atoms with E-state index in [1.165, 1.54) is 36.1 Å². The standard InChI is InChI=1S/C18H23F3N2OS/c19-18(20,21)16-4-2-1-3-15(16)17(24)22-11-13-5-8-23(9-6-13)14-7-10-25-12-14/h1-4,13-14H,5-12H2,(H,22,24). The molecule has 1 unspecified atom stereocenters. The van der Waals surface area contributed by atoms with Crippen molar-refractivity contribution in [3.8, 4) is 0 Å². The Kier molecular flexibility index (Phi) is 5.94. The third kappa shape index (κ3) is 4.70. The van der Waals surface area contributed by atoms with Gasteiger partial charge in [-0.2, -0.15) is 24.9 Å². The number of nitrogens with zero attached hydrogens (tertiary/aromatic N) is 1. The number of carbonyl (C=O) groups is 1. The first kappa shape index (κ1) is 18.6. The number of benzene rings is 1. The molecule has 25 heavy (non-hydrogen) atoms. The summed E-state index contributed by atoms with van der Waals surface area (Å²) in [5.74, 6) is 2.14. The normalized spacial score (nSPS) is 22.9. The second kappa shape index (κ2) is 7.99. The third-order valence-corrected chi connectivity index (χ3v) is 6.24. The van der Waals surface area contributed by atoms with Crippen LogP contribution < -0.4 is 5.32 Å². The number of nitrogens with one attached hydrogen (secondary N) is 1. The maximum atomic E-state index is 13.0. The summed E-state index contributed by atoms with van der Waals surface area (Å²) in [5, 5.41) is 2.70.